The molecule has 0 aromatic heterocycles. The fraction of sp³-hybridized carbons (Fsp3) is 0.375. The number of aliphatic hydroxyl groups excluding tert-OH is 3. The number of halogens is 1. The number of benzene rings is 3. The SMILES string of the molecule is O=C(CCC1C(=O)N(c2ccc(CCCO)cc2)C1c1ccc(CCC(O)(CO)CO)cc1)c1ccc(F)cc1. The fourth-order valence-corrected chi connectivity index (χ4v) is 5.14. The Morgan fingerprint density at radius 3 is 2.05 bits per heavy atom. The molecule has 1 saturated heterocycles. The monoisotopic (exact) mass is 549 g/mol. The molecule has 4 rings (SSSR count). The molecule has 2 unspecified atom stereocenters. The summed E-state index contributed by atoms with van der Waals surface area (Å²) in [6.45, 7) is -0.947. The molecule has 0 radical (unpaired) electrons. The first-order chi connectivity index (χ1) is 19.3. The third-order valence-corrected chi connectivity index (χ3v) is 7.69. The third kappa shape index (κ3) is 6.82. The number of aliphatic hydroxyl groups is 4. The number of anilines is 1. The van der Waals surface area contributed by atoms with E-state index in [1.807, 2.05) is 48.5 Å². The van der Waals surface area contributed by atoms with Crippen LogP contribution in [0.5, 0.6) is 0 Å². The fourth-order valence-electron chi connectivity index (χ4n) is 5.14. The lowest BCUT2D eigenvalue weighted by Crippen LogP contribution is -2.55. The Hall–Kier alpha value is -3.43. The zero-order valence-corrected chi connectivity index (χ0v) is 22.4. The van der Waals surface area contributed by atoms with Crippen LogP contribution < -0.4 is 4.90 Å². The minimum absolute atomic E-state index is 0.0694. The minimum atomic E-state index is -1.54. The molecule has 1 amide bonds. The summed E-state index contributed by atoms with van der Waals surface area (Å²) in [6, 6.07) is 20.5. The molecule has 7 nitrogen and oxygen atoms in total. The van der Waals surface area contributed by atoms with Gasteiger partial charge in [0.2, 0.25) is 5.91 Å². The second kappa shape index (κ2) is 13.3. The molecule has 1 aliphatic rings. The van der Waals surface area contributed by atoms with Crippen molar-refractivity contribution in [3.05, 3.63) is 101 Å². The van der Waals surface area contributed by atoms with E-state index in [1.54, 1.807) is 4.90 Å². The van der Waals surface area contributed by atoms with Gasteiger partial charge in [0.25, 0.3) is 0 Å². The maximum absolute atomic E-state index is 13.4. The van der Waals surface area contributed by atoms with E-state index in [9.17, 15) is 29.3 Å². The van der Waals surface area contributed by atoms with E-state index >= 15 is 0 Å². The molecule has 212 valence electrons. The van der Waals surface area contributed by atoms with E-state index in [-0.39, 0.29) is 37.2 Å². The van der Waals surface area contributed by atoms with Crippen molar-refractivity contribution >= 4 is 17.4 Å². The van der Waals surface area contributed by atoms with Gasteiger partial charge in [-0.3, -0.25) is 9.59 Å². The number of carbonyl (C=O) groups is 2. The zero-order valence-electron chi connectivity index (χ0n) is 22.4. The summed E-state index contributed by atoms with van der Waals surface area (Å²) in [5.41, 5.74) is 2.52. The number of β-lactam (4-membered cyclic amide) rings is 1. The van der Waals surface area contributed by atoms with Gasteiger partial charge < -0.3 is 25.3 Å². The molecule has 0 saturated carbocycles. The molecule has 2 atom stereocenters. The average molecular weight is 550 g/mol. The van der Waals surface area contributed by atoms with Crippen molar-refractivity contribution in [2.24, 2.45) is 5.92 Å². The topological polar surface area (TPSA) is 118 Å². The Bertz CT molecular complexity index is 1270. The molecule has 3 aromatic rings. The van der Waals surface area contributed by atoms with Crippen LogP contribution in [0.1, 0.15) is 58.8 Å². The molecule has 4 N–H and O–H groups in total. The molecule has 0 aliphatic carbocycles. The number of nitrogens with zero attached hydrogens (tertiary/aromatic N) is 1. The van der Waals surface area contributed by atoms with Crippen molar-refractivity contribution in [3.8, 4) is 0 Å². The van der Waals surface area contributed by atoms with Gasteiger partial charge in [-0.25, -0.2) is 4.39 Å². The Balaban J connectivity index is 1.52. The van der Waals surface area contributed by atoms with Crippen molar-refractivity contribution in [1.29, 1.82) is 0 Å². The molecule has 1 fully saturated rings. The van der Waals surface area contributed by atoms with Crippen molar-refractivity contribution in [1.82, 2.24) is 0 Å². The summed E-state index contributed by atoms with van der Waals surface area (Å²) in [7, 11) is 0. The predicted octanol–water partition coefficient (Wildman–Crippen LogP) is 3.77. The van der Waals surface area contributed by atoms with Gasteiger partial charge in [0, 0.05) is 24.3 Å². The van der Waals surface area contributed by atoms with E-state index in [2.05, 4.69) is 0 Å². The molecular formula is C32H36FNO6. The highest BCUT2D eigenvalue weighted by molar-refractivity contribution is 6.04. The Morgan fingerprint density at radius 2 is 1.45 bits per heavy atom. The first kappa shape index (κ1) is 29.6. The highest BCUT2D eigenvalue weighted by atomic mass is 19.1. The van der Waals surface area contributed by atoms with Crippen LogP contribution in [-0.2, 0) is 17.6 Å². The highest BCUT2D eigenvalue weighted by Gasteiger charge is 2.48. The normalized spacial score (nSPS) is 17.1. The van der Waals surface area contributed by atoms with Crippen LogP contribution in [0.25, 0.3) is 0 Å². The first-order valence-corrected chi connectivity index (χ1v) is 13.6. The van der Waals surface area contributed by atoms with Crippen LogP contribution in [0.2, 0.25) is 0 Å². The standard InChI is InChI=1S/C32H36FNO6/c33-26-11-9-24(10-12-26)29(38)16-15-28-30(25-7-3-23(4-8-25)17-18-32(40,20-36)21-37)34(31(28)39)27-13-5-22(6-14-27)2-1-19-35/h3-14,28,30,35-37,40H,1-2,15-21H2. The molecular weight excluding hydrogens is 513 g/mol. The maximum atomic E-state index is 13.4. The largest absolute Gasteiger partial charge is 0.396 e. The number of rotatable bonds is 14. The van der Waals surface area contributed by atoms with Gasteiger partial charge in [0.1, 0.15) is 11.4 Å². The minimum Gasteiger partial charge on any atom is -0.396 e. The van der Waals surface area contributed by atoms with E-state index in [0.717, 1.165) is 28.8 Å². The van der Waals surface area contributed by atoms with Crippen LogP contribution in [0, 0.1) is 11.7 Å². The summed E-state index contributed by atoms with van der Waals surface area (Å²) in [4.78, 5) is 27.9. The predicted molar refractivity (Wildman–Crippen MR) is 149 cm³/mol. The van der Waals surface area contributed by atoms with Gasteiger partial charge in [0.05, 0.1) is 25.2 Å². The molecule has 40 heavy (non-hydrogen) atoms. The number of hydrogen-bond acceptors (Lipinski definition) is 6. The average Bonchev–Trinajstić information content (AvgIpc) is 2.98. The first-order valence-electron chi connectivity index (χ1n) is 13.6. The number of aryl methyl sites for hydroxylation is 2. The Morgan fingerprint density at radius 1 is 0.850 bits per heavy atom. The molecule has 1 heterocycles. The maximum Gasteiger partial charge on any atom is 0.233 e. The number of hydrogen-bond donors (Lipinski definition) is 4. The lowest BCUT2D eigenvalue weighted by atomic mass is 9.78. The Labute approximate surface area is 233 Å². The van der Waals surface area contributed by atoms with Gasteiger partial charge in [-0.1, -0.05) is 36.4 Å². The Kier molecular flexibility index (Phi) is 9.81. The lowest BCUT2D eigenvalue weighted by molar-refractivity contribution is -0.130. The summed E-state index contributed by atoms with van der Waals surface area (Å²) >= 11 is 0. The van der Waals surface area contributed by atoms with E-state index in [4.69, 9.17) is 5.11 Å². The summed E-state index contributed by atoms with van der Waals surface area (Å²) in [5, 5.41) is 38.0. The highest BCUT2D eigenvalue weighted by Crippen LogP contribution is 2.46. The molecule has 0 spiro atoms. The number of amides is 1. The van der Waals surface area contributed by atoms with Crippen LogP contribution in [-0.4, -0.2) is 57.5 Å². The van der Waals surface area contributed by atoms with Gasteiger partial charge in [-0.2, -0.15) is 0 Å². The van der Waals surface area contributed by atoms with Crippen molar-refractivity contribution in [2.75, 3.05) is 24.7 Å². The second-order valence-electron chi connectivity index (χ2n) is 10.5. The smallest absolute Gasteiger partial charge is 0.233 e. The third-order valence-electron chi connectivity index (χ3n) is 7.69. The second-order valence-corrected chi connectivity index (χ2v) is 10.5. The van der Waals surface area contributed by atoms with Crippen molar-refractivity contribution in [2.45, 2.75) is 50.2 Å². The van der Waals surface area contributed by atoms with Crippen LogP contribution in [0.4, 0.5) is 10.1 Å². The van der Waals surface area contributed by atoms with Gasteiger partial charge in [-0.15, -0.1) is 0 Å². The van der Waals surface area contributed by atoms with Crippen LogP contribution in [0.3, 0.4) is 0 Å². The number of ketones is 1. The molecule has 1 aliphatic heterocycles. The van der Waals surface area contributed by atoms with E-state index < -0.39 is 30.5 Å². The number of Topliss-reactive ketones (excluding diaryl/α,β-unsaturated/α-hetero) is 1. The zero-order chi connectivity index (χ0) is 28.7. The van der Waals surface area contributed by atoms with Crippen molar-refractivity contribution in [3.63, 3.8) is 0 Å². The summed E-state index contributed by atoms with van der Waals surface area (Å²) in [5.74, 6) is -1.03. The van der Waals surface area contributed by atoms with Crippen LogP contribution >= 0.6 is 0 Å². The molecule has 8 heteroatoms. The lowest BCUT2D eigenvalue weighted by Gasteiger charge is -2.47. The summed E-state index contributed by atoms with van der Waals surface area (Å²) < 4.78 is 13.3. The van der Waals surface area contributed by atoms with Gasteiger partial charge >= 0.3 is 0 Å². The molecule has 3 aromatic carbocycles. The van der Waals surface area contributed by atoms with E-state index in [0.29, 0.717) is 24.8 Å². The van der Waals surface area contributed by atoms with Gasteiger partial charge in [-0.05, 0) is 85.2 Å². The number of carbonyl (C=O) groups excluding carboxylic acids is 2. The quantitative estimate of drug-likeness (QED) is 0.180. The van der Waals surface area contributed by atoms with Crippen LogP contribution in [0.15, 0.2) is 72.8 Å². The molecule has 0 bridgehead atoms. The summed E-state index contributed by atoms with van der Waals surface area (Å²) in [6.07, 6.45) is 2.57. The van der Waals surface area contributed by atoms with Gasteiger partial charge in [0.15, 0.2) is 5.78 Å². The van der Waals surface area contributed by atoms with Crippen molar-refractivity contribution < 1.29 is 34.4 Å². The van der Waals surface area contributed by atoms with E-state index in [1.165, 1.54) is 24.3 Å².